The van der Waals surface area contributed by atoms with E-state index in [-0.39, 0.29) is 10.1 Å². The van der Waals surface area contributed by atoms with Crippen LogP contribution in [0.3, 0.4) is 0 Å². The van der Waals surface area contributed by atoms with Crippen LogP contribution < -0.4 is 4.72 Å². The molecule has 0 aromatic carbocycles. The maximum absolute atomic E-state index is 11.7. The average molecular weight is 244 g/mol. The predicted octanol–water partition coefficient (Wildman–Crippen LogP) is 1.57. The summed E-state index contributed by atoms with van der Waals surface area (Å²) in [6.45, 7) is 3.59. The molecule has 1 heterocycles. The van der Waals surface area contributed by atoms with Crippen LogP contribution in [0.1, 0.15) is 13.8 Å². The highest BCUT2D eigenvalue weighted by molar-refractivity contribution is 7.91. The van der Waals surface area contributed by atoms with Gasteiger partial charge in [0.1, 0.15) is 10.3 Å². The highest BCUT2D eigenvalue weighted by Gasteiger charge is 2.22. The minimum absolute atomic E-state index is 0.0512. The van der Waals surface area contributed by atoms with Crippen molar-refractivity contribution in [3.05, 3.63) is 17.5 Å². The largest absolute Gasteiger partial charge is 0.251 e. The zero-order valence-electron chi connectivity index (χ0n) is 8.47. The molecule has 1 N–H and O–H groups in total. The maximum Gasteiger partial charge on any atom is 0.251 e. The van der Waals surface area contributed by atoms with Crippen molar-refractivity contribution in [1.29, 1.82) is 5.26 Å². The molecular formula is C9H12N2O2S2. The van der Waals surface area contributed by atoms with E-state index in [9.17, 15) is 8.42 Å². The topological polar surface area (TPSA) is 70.0 Å². The van der Waals surface area contributed by atoms with Crippen molar-refractivity contribution < 1.29 is 8.42 Å². The number of nitrogens with one attached hydrogen (secondary N) is 1. The van der Waals surface area contributed by atoms with Gasteiger partial charge < -0.3 is 0 Å². The number of hydrogen-bond acceptors (Lipinski definition) is 4. The monoisotopic (exact) mass is 244 g/mol. The van der Waals surface area contributed by atoms with Gasteiger partial charge in [-0.25, -0.2) is 8.42 Å². The molecular weight excluding hydrogens is 232 g/mol. The van der Waals surface area contributed by atoms with Gasteiger partial charge in [0.2, 0.25) is 0 Å². The highest BCUT2D eigenvalue weighted by atomic mass is 32.2. The van der Waals surface area contributed by atoms with Crippen LogP contribution in [-0.2, 0) is 10.0 Å². The summed E-state index contributed by atoms with van der Waals surface area (Å²) in [5.41, 5.74) is 0. The summed E-state index contributed by atoms with van der Waals surface area (Å²) >= 11 is 1.13. The fourth-order valence-corrected chi connectivity index (χ4v) is 3.25. The fraction of sp³-hybridized carbons (Fsp3) is 0.444. The number of hydrogen-bond donors (Lipinski definition) is 1. The zero-order valence-corrected chi connectivity index (χ0v) is 10.1. The van der Waals surface area contributed by atoms with Gasteiger partial charge in [0.25, 0.3) is 10.0 Å². The standard InChI is InChI=1S/C9H12N2O2S2/c1-7(2)8(6-10)11-15(12,13)9-4-3-5-14-9/h3-5,7-8,11H,1-2H3. The van der Waals surface area contributed by atoms with Gasteiger partial charge in [0.05, 0.1) is 6.07 Å². The number of nitrogens with zero attached hydrogens (tertiary/aromatic N) is 1. The van der Waals surface area contributed by atoms with Crippen molar-refractivity contribution >= 4 is 21.4 Å². The van der Waals surface area contributed by atoms with Crippen LogP contribution in [0.4, 0.5) is 0 Å². The minimum atomic E-state index is -3.53. The molecule has 0 amide bonds. The summed E-state index contributed by atoms with van der Waals surface area (Å²) in [6.07, 6.45) is 0. The van der Waals surface area contributed by atoms with E-state index in [0.717, 1.165) is 11.3 Å². The Morgan fingerprint density at radius 3 is 2.60 bits per heavy atom. The zero-order chi connectivity index (χ0) is 11.5. The summed E-state index contributed by atoms with van der Waals surface area (Å²) in [6, 6.07) is 4.43. The van der Waals surface area contributed by atoms with Crippen molar-refractivity contribution in [2.24, 2.45) is 5.92 Å². The van der Waals surface area contributed by atoms with Gasteiger partial charge in [0.15, 0.2) is 0 Å². The lowest BCUT2D eigenvalue weighted by atomic mass is 10.1. The first kappa shape index (κ1) is 12.2. The maximum atomic E-state index is 11.7. The van der Waals surface area contributed by atoms with E-state index in [4.69, 9.17) is 5.26 Å². The predicted molar refractivity (Wildman–Crippen MR) is 58.9 cm³/mol. The second kappa shape index (κ2) is 4.75. The van der Waals surface area contributed by atoms with Crippen molar-refractivity contribution in [2.45, 2.75) is 24.1 Å². The van der Waals surface area contributed by atoms with Crippen molar-refractivity contribution in [1.82, 2.24) is 4.72 Å². The lowest BCUT2D eigenvalue weighted by Gasteiger charge is -2.13. The van der Waals surface area contributed by atoms with Crippen LogP contribution in [0.5, 0.6) is 0 Å². The van der Waals surface area contributed by atoms with Crippen LogP contribution in [0.15, 0.2) is 21.7 Å². The summed E-state index contributed by atoms with van der Waals surface area (Å²) in [5.74, 6) is -0.0512. The third-order valence-corrected chi connectivity index (χ3v) is 4.69. The Labute approximate surface area is 93.6 Å². The molecule has 0 saturated heterocycles. The van der Waals surface area contributed by atoms with Crippen LogP contribution in [0.2, 0.25) is 0 Å². The molecule has 1 rings (SSSR count). The van der Waals surface area contributed by atoms with Crippen molar-refractivity contribution in [3.63, 3.8) is 0 Å². The molecule has 0 aliphatic rings. The molecule has 0 aliphatic carbocycles. The minimum Gasteiger partial charge on any atom is -0.206 e. The molecule has 0 bridgehead atoms. The molecule has 1 aromatic heterocycles. The summed E-state index contributed by atoms with van der Waals surface area (Å²) in [4.78, 5) is 0. The fourth-order valence-electron chi connectivity index (χ4n) is 0.953. The molecule has 0 fully saturated rings. The first-order valence-electron chi connectivity index (χ1n) is 4.43. The quantitative estimate of drug-likeness (QED) is 0.874. The lowest BCUT2D eigenvalue weighted by Crippen LogP contribution is -2.36. The average Bonchev–Trinajstić information content (AvgIpc) is 2.67. The van der Waals surface area contributed by atoms with Crippen LogP contribution in [0.25, 0.3) is 0 Å². The molecule has 0 saturated carbocycles. The smallest absolute Gasteiger partial charge is 0.206 e. The van der Waals surface area contributed by atoms with Gasteiger partial charge in [-0.3, -0.25) is 0 Å². The Hall–Kier alpha value is -0.900. The highest BCUT2D eigenvalue weighted by Crippen LogP contribution is 2.16. The Morgan fingerprint density at radius 1 is 1.53 bits per heavy atom. The number of nitriles is 1. The summed E-state index contributed by atoms with van der Waals surface area (Å²) < 4.78 is 26.0. The number of thiophene rings is 1. The molecule has 6 heteroatoms. The molecule has 1 atom stereocenters. The lowest BCUT2D eigenvalue weighted by molar-refractivity contribution is 0.516. The van der Waals surface area contributed by atoms with Crippen LogP contribution >= 0.6 is 11.3 Å². The Balaban J connectivity index is 2.87. The first-order chi connectivity index (χ1) is 6.97. The molecule has 82 valence electrons. The van der Waals surface area contributed by atoms with Gasteiger partial charge in [-0.1, -0.05) is 19.9 Å². The van der Waals surface area contributed by atoms with E-state index in [2.05, 4.69) is 4.72 Å². The van der Waals surface area contributed by atoms with E-state index in [1.807, 2.05) is 6.07 Å². The summed E-state index contributed by atoms with van der Waals surface area (Å²) in [7, 11) is -3.53. The number of sulfonamides is 1. The van der Waals surface area contributed by atoms with E-state index in [1.165, 1.54) is 6.07 Å². The van der Waals surface area contributed by atoms with Crippen molar-refractivity contribution in [2.75, 3.05) is 0 Å². The summed E-state index contributed by atoms with van der Waals surface area (Å²) in [5, 5.41) is 10.5. The van der Waals surface area contributed by atoms with Gasteiger partial charge in [0, 0.05) is 0 Å². The molecule has 1 aromatic rings. The van der Waals surface area contributed by atoms with Crippen molar-refractivity contribution in [3.8, 4) is 6.07 Å². The third kappa shape index (κ3) is 3.02. The molecule has 4 nitrogen and oxygen atoms in total. The Bertz CT molecular complexity index is 443. The second-order valence-corrected chi connectivity index (χ2v) is 6.29. The van der Waals surface area contributed by atoms with E-state index < -0.39 is 16.1 Å². The van der Waals surface area contributed by atoms with E-state index in [0.29, 0.717) is 0 Å². The Kier molecular flexibility index (Phi) is 3.85. The third-order valence-electron chi connectivity index (χ3n) is 1.85. The van der Waals surface area contributed by atoms with E-state index >= 15 is 0 Å². The molecule has 15 heavy (non-hydrogen) atoms. The van der Waals surface area contributed by atoms with Gasteiger partial charge in [-0.2, -0.15) is 9.98 Å². The normalized spacial score (nSPS) is 13.7. The number of rotatable bonds is 4. The SMILES string of the molecule is CC(C)C(C#N)NS(=O)(=O)c1cccs1. The van der Waals surface area contributed by atoms with E-state index in [1.54, 1.807) is 25.3 Å². The first-order valence-corrected chi connectivity index (χ1v) is 6.79. The van der Waals surface area contributed by atoms with Crippen LogP contribution in [0, 0.1) is 17.2 Å². The Morgan fingerprint density at radius 2 is 2.20 bits per heavy atom. The molecule has 0 radical (unpaired) electrons. The van der Waals surface area contributed by atoms with Gasteiger partial charge in [-0.05, 0) is 17.4 Å². The second-order valence-electron chi connectivity index (χ2n) is 3.40. The molecule has 0 aliphatic heterocycles. The van der Waals surface area contributed by atoms with Gasteiger partial charge >= 0.3 is 0 Å². The van der Waals surface area contributed by atoms with Crippen LogP contribution in [-0.4, -0.2) is 14.5 Å². The molecule has 0 spiro atoms. The molecule has 1 unspecified atom stereocenters. The van der Waals surface area contributed by atoms with Gasteiger partial charge in [-0.15, -0.1) is 11.3 Å².